The molecule has 3 aromatic rings. The zero-order chi connectivity index (χ0) is 41.7. The quantitative estimate of drug-likeness (QED) is 0.0664. The molecular weight excluding hydrogens is 800 g/mol. The zero-order valence-electron chi connectivity index (χ0n) is 33.0. The van der Waals surface area contributed by atoms with Gasteiger partial charge in [-0.2, -0.15) is 15.1 Å². The second-order valence-corrected chi connectivity index (χ2v) is 23.5. The number of carbonyl (C=O) groups is 1. The van der Waals surface area contributed by atoms with Crippen molar-refractivity contribution in [1.29, 1.82) is 5.26 Å². The average molecular weight is 853 g/mol. The summed E-state index contributed by atoms with van der Waals surface area (Å²) in [6, 6.07) is 3.47. The van der Waals surface area contributed by atoms with Crippen molar-refractivity contribution in [2.24, 2.45) is 11.8 Å². The number of nitriles is 1. The van der Waals surface area contributed by atoms with Gasteiger partial charge in [0.2, 0.25) is 11.9 Å². The Morgan fingerprint density at radius 2 is 1.96 bits per heavy atom. The topological polar surface area (TPSA) is 275 Å². The maximum Gasteiger partial charge on any atom is 0.509 e. The Morgan fingerprint density at radius 1 is 1.23 bits per heavy atom. The first-order valence-corrected chi connectivity index (χ1v) is 24.4. The second kappa shape index (κ2) is 18.6. The summed E-state index contributed by atoms with van der Waals surface area (Å²) in [6.45, 7) is 12.3. The number of hydrogen-bond donors (Lipinski definition) is 5. The van der Waals surface area contributed by atoms with Gasteiger partial charge in [-0.15, -0.1) is 0 Å². The molecule has 2 aliphatic rings. The predicted octanol–water partition coefficient (Wildman–Crippen LogP) is 4.61. The Bertz CT molecular complexity index is 2020. The van der Waals surface area contributed by atoms with Crippen molar-refractivity contribution in [3.05, 3.63) is 35.3 Å². The third-order valence-corrected chi connectivity index (χ3v) is 17.7. The van der Waals surface area contributed by atoms with E-state index in [9.17, 15) is 34.0 Å². The minimum absolute atomic E-state index is 0.0160. The highest BCUT2D eigenvalue weighted by atomic mass is 31.2. The van der Waals surface area contributed by atoms with E-state index >= 15 is 0 Å². The molecule has 3 unspecified atom stereocenters. The van der Waals surface area contributed by atoms with Crippen LogP contribution in [0.5, 0.6) is 0 Å². The number of aromatic nitrogens is 6. The Balaban J connectivity index is 1.47. The van der Waals surface area contributed by atoms with Gasteiger partial charge in [-0.05, 0) is 41.6 Å². The van der Waals surface area contributed by atoms with Crippen LogP contribution in [0.2, 0.25) is 18.1 Å². The third-order valence-electron chi connectivity index (χ3n) is 10.5. The first-order valence-electron chi connectivity index (χ1n) is 18.7. The second-order valence-electron chi connectivity index (χ2n) is 15.9. The van der Waals surface area contributed by atoms with Crippen molar-refractivity contribution in [1.82, 2.24) is 29.5 Å². The lowest BCUT2D eigenvalue weighted by Crippen LogP contribution is -2.50. The molecule has 0 spiro atoms. The van der Waals surface area contributed by atoms with Crippen LogP contribution in [-0.4, -0.2) is 104 Å². The molecule has 1 aliphatic heterocycles. The molecule has 57 heavy (non-hydrogen) atoms. The minimum atomic E-state index is -4.62. The number of aliphatic hydroxyl groups is 1. The fourth-order valence-electron chi connectivity index (χ4n) is 6.44. The molecular formula is C34H52N9O11P2Si+. The van der Waals surface area contributed by atoms with E-state index in [4.69, 9.17) is 22.7 Å². The van der Waals surface area contributed by atoms with Gasteiger partial charge in [-0.1, -0.05) is 34.6 Å². The molecule has 0 bridgehead atoms. The number of H-pyrrole nitrogens is 1. The van der Waals surface area contributed by atoms with Crippen LogP contribution in [-0.2, 0) is 36.7 Å². The van der Waals surface area contributed by atoms with Crippen molar-refractivity contribution < 1.29 is 46.7 Å². The van der Waals surface area contributed by atoms with Crippen molar-refractivity contribution in [3.63, 3.8) is 0 Å². The maximum atomic E-state index is 14.7. The molecule has 1 saturated carbocycles. The molecule has 3 aromatic heterocycles. The highest BCUT2D eigenvalue weighted by Crippen LogP contribution is 2.55. The number of phosphoric acid groups is 1. The summed E-state index contributed by atoms with van der Waals surface area (Å²) >= 11 is 0. The molecule has 9 atom stereocenters. The summed E-state index contributed by atoms with van der Waals surface area (Å²) in [6.07, 6.45) is 0.471. The molecule has 1 aliphatic carbocycles. The van der Waals surface area contributed by atoms with Crippen molar-refractivity contribution >= 4 is 53.0 Å². The molecule has 1 amide bonds. The normalized spacial score (nSPS) is 25.4. The number of anilines is 2. The number of nitrogens with one attached hydrogen (secondary N) is 3. The molecule has 0 radical (unpaired) electrons. The standard InChI is InChI=1S/C34H51N9O11P2Si/c1-20(2)30(45)41-33-40-29-26(31(46)42-33)38-19-43(29)32-28(27(23(17-44)52-32)54-57(6,7)34(3,4)5)53-56(49,50-13-8-11-35)51-14-10-21-15-22(16-24(21)55(47)48)39-25-9-12-36-18-37-25/h9,12,18-24,27-28,32,44H,8,10,13-17H2,1-7H3,(H3-,36,37,39,40,41,42,45,46,47,48)/p+1/t21-,22+,23+,24-,27?,28+,32+,56?/m0/s1. The SMILES string of the molecule is CC(C)C(=O)Nc1nc2c(ncn2[C@@H]2O[C@H](CO)C(O[Si](C)(C)C(C)(C)C)[C@H]2OP(=O)(OCCC#N)OCC[C@H]2C[C@@H](Nc3ccncn3)C[C@@H]2[P+](=O)O)c(=O)[nH]1. The van der Waals surface area contributed by atoms with Crippen LogP contribution in [0.1, 0.15) is 66.5 Å². The lowest BCUT2D eigenvalue weighted by Gasteiger charge is -2.40. The lowest BCUT2D eigenvalue weighted by molar-refractivity contribution is -0.118. The molecule has 4 heterocycles. The van der Waals surface area contributed by atoms with Crippen molar-refractivity contribution in [2.75, 3.05) is 30.5 Å². The average Bonchev–Trinajstić information content (AvgIpc) is 3.84. The Morgan fingerprint density at radius 3 is 2.60 bits per heavy atom. The van der Waals surface area contributed by atoms with Crippen LogP contribution in [0.25, 0.3) is 11.2 Å². The number of ether oxygens (including phenoxy) is 1. The Hall–Kier alpha value is -3.54. The number of carbonyl (C=O) groups excluding carboxylic acids is 1. The number of fused-ring (bicyclic) bond motifs is 1. The van der Waals surface area contributed by atoms with Crippen molar-refractivity contribution in [3.8, 4) is 6.07 Å². The van der Waals surface area contributed by atoms with Gasteiger partial charge in [0.15, 0.2) is 31.4 Å². The highest BCUT2D eigenvalue weighted by molar-refractivity contribution is 7.48. The Labute approximate surface area is 332 Å². The summed E-state index contributed by atoms with van der Waals surface area (Å²) in [4.78, 5) is 55.1. The van der Waals surface area contributed by atoms with Gasteiger partial charge in [-0.25, -0.2) is 19.5 Å². The predicted molar refractivity (Wildman–Crippen MR) is 210 cm³/mol. The molecule has 2 fully saturated rings. The van der Waals surface area contributed by atoms with E-state index in [-0.39, 0.29) is 60.2 Å². The Kier molecular flexibility index (Phi) is 14.5. The third kappa shape index (κ3) is 10.8. The summed E-state index contributed by atoms with van der Waals surface area (Å²) in [5.41, 5.74) is -1.35. The minimum Gasteiger partial charge on any atom is -0.408 e. The fraction of sp³-hybridized carbons (Fsp3) is 0.676. The molecule has 23 heteroatoms. The van der Waals surface area contributed by atoms with Crippen LogP contribution in [0, 0.1) is 23.2 Å². The van der Waals surface area contributed by atoms with Gasteiger partial charge >= 0.3 is 15.9 Å². The lowest BCUT2D eigenvalue weighted by atomic mass is 10.0. The number of aromatic amines is 1. The van der Waals surface area contributed by atoms with E-state index in [1.807, 2.05) is 39.9 Å². The number of nitrogens with zero attached hydrogens (tertiary/aromatic N) is 6. The van der Waals surface area contributed by atoms with Crippen LogP contribution in [0.15, 0.2) is 29.7 Å². The van der Waals surface area contributed by atoms with E-state index < -0.39 is 78.4 Å². The number of imidazole rings is 1. The summed E-state index contributed by atoms with van der Waals surface area (Å²) in [5.74, 6) is -0.699. The first kappa shape index (κ1) is 44.6. The largest absolute Gasteiger partial charge is 0.509 e. The highest BCUT2D eigenvalue weighted by Gasteiger charge is 2.54. The molecule has 20 nitrogen and oxygen atoms in total. The first-order chi connectivity index (χ1) is 26.9. The van der Waals surface area contributed by atoms with Gasteiger partial charge in [0.1, 0.15) is 30.5 Å². The van der Waals surface area contributed by atoms with Gasteiger partial charge in [0.05, 0.1) is 38.6 Å². The van der Waals surface area contributed by atoms with E-state index in [1.54, 1.807) is 26.1 Å². The van der Waals surface area contributed by atoms with E-state index in [2.05, 4.69) is 35.6 Å². The summed E-state index contributed by atoms with van der Waals surface area (Å²) < 4.78 is 59.6. The number of aliphatic hydroxyl groups excluding tert-OH is 1. The van der Waals surface area contributed by atoms with E-state index in [0.717, 1.165) is 0 Å². The molecule has 312 valence electrons. The number of amides is 1. The summed E-state index contributed by atoms with van der Waals surface area (Å²) in [5, 5.41) is 25.4. The molecule has 0 aromatic carbocycles. The van der Waals surface area contributed by atoms with E-state index in [0.29, 0.717) is 18.7 Å². The van der Waals surface area contributed by atoms with Crippen LogP contribution in [0.4, 0.5) is 11.8 Å². The van der Waals surface area contributed by atoms with Gasteiger partial charge in [-0.3, -0.25) is 38.0 Å². The smallest absolute Gasteiger partial charge is 0.408 e. The number of phosphoric ester groups is 1. The van der Waals surface area contributed by atoms with Gasteiger partial charge < -0.3 is 19.6 Å². The van der Waals surface area contributed by atoms with Gasteiger partial charge in [0, 0.05) is 30.5 Å². The fourth-order valence-corrected chi connectivity index (χ4v) is 10.2. The van der Waals surface area contributed by atoms with Crippen molar-refractivity contribution in [2.45, 2.75) is 115 Å². The number of hydrogen-bond acceptors (Lipinski definition) is 16. The monoisotopic (exact) mass is 852 g/mol. The van der Waals surface area contributed by atoms with Crippen LogP contribution >= 0.6 is 15.9 Å². The summed E-state index contributed by atoms with van der Waals surface area (Å²) in [7, 11) is -9.87. The maximum absolute atomic E-state index is 14.7. The number of rotatable bonds is 18. The van der Waals surface area contributed by atoms with Gasteiger partial charge in [0.25, 0.3) is 5.56 Å². The molecule has 5 rings (SSSR count). The van der Waals surface area contributed by atoms with E-state index in [1.165, 1.54) is 17.2 Å². The van der Waals surface area contributed by atoms with Crippen LogP contribution < -0.4 is 16.2 Å². The van der Waals surface area contributed by atoms with Crippen LogP contribution in [0.3, 0.4) is 0 Å². The molecule has 5 N–H and O–H groups in total. The zero-order valence-corrected chi connectivity index (χ0v) is 35.8. The molecule has 1 saturated heterocycles.